The number of rotatable bonds is 4. The molecule has 4 heterocycles. The minimum Gasteiger partial charge on any atom is -0.381 e. The van der Waals surface area contributed by atoms with E-state index in [1.165, 1.54) is 0 Å². The molecule has 25 heavy (non-hydrogen) atoms. The number of carbonyl (C=O) groups excluding carboxylic acids is 1. The Hall–Kier alpha value is -2.60. The van der Waals surface area contributed by atoms with Gasteiger partial charge in [-0.3, -0.25) is 14.5 Å². The fraction of sp³-hybridized carbons (Fsp3) is 0.368. The van der Waals surface area contributed by atoms with Gasteiger partial charge in [-0.2, -0.15) is 5.10 Å². The van der Waals surface area contributed by atoms with Crippen molar-refractivity contribution in [1.29, 1.82) is 0 Å². The number of ketones is 1. The number of nitrogens with zero attached hydrogens (tertiary/aromatic N) is 4. The molecule has 0 aliphatic carbocycles. The van der Waals surface area contributed by atoms with Crippen LogP contribution in [-0.4, -0.2) is 38.7 Å². The number of aromatic nitrogens is 4. The van der Waals surface area contributed by atoms with Gasteiger partial charge in [-0.1, -0.05) is 0 Å². The summed E-state index contributed by atoms with van der Waals surface area (Å²) in [6.45, 7) is 1.36. The Morgan fingerprint density at radius 2 is 2.12 bits per heavy atom. The molecule has 3 aromatic rings. The summed E-state index contributed by atoms with van der Waals surface area (Å²) in [6.07, 6.45) is 7.52. The van der Waals surface area contributed by atoms with Gasteiger partial charge >= 0.3 is 0 Å². The van der Waals surface area contributed by atoms with Gasteiger partial charge in [-0.25, -0.2) is 4.98 Å². The van der Waals surface area contributed by atoms with Crippen molar-refractivity contribution < 1.29 is 9.53 Å². The van der Waals surface area contributed by atoms with Crippen molar-refractivity contribution in [1.82, 2.24) is 19.7 Å². The summed E-state index contributed by atoms with van der Waals surface area (Å²) in [5.74, 6) is 0.347. The SMILES string of the molecule is Cn1cc(-c2ccc3cnc(CC(=O)C4CCOCC4)cc3n2)cn1. The molecule has 0 spiro atoms. The lowest BCUT2D eigenvalue weighted by molar-refractivity contribution is -0.125. The molecular formula is C19H20N4O2. The quantitative estimate of drug-likeness (QED) is 0.732. The first-order valence-corrected chi connectivity index (χ1v) is 8.54. The molecule has 0 bridgehead atoms. The molecule has 1 aliphatic rings. The molecule has 128 valence electrons. The van der Waals surface area contributed by atoms with Crippen molar-refractivity contribution in [3.8, 4) is 11.3 Å². The Morgan fingerprint density at radius 3 is 2.88 bits per heavy atom. The number of fused-ring (bicyclic) bond motifs is 1. The highest BCUT2D eigenvalue weighted by atomic mass is 16.5. The van der Waals surface area contributed by atoms with Crippen LogP contribution in [0, 0.1) is 5.92 Å². The monoisotopic (exact) mass is 336 g/mol. The molecule has 0 radical (unpaired) electrons. The first-order chi connectivity index (χ1) is 12.2. The van der Waals surface area contributed by atoms with Gasteiger partial charge in [0.25, 0.3) is 0 Å². The smallest absolute Gasteiger partial charge is 0.142 e. The maximum absolute atomic E-state index is 12.5. The van der Waals surface area contributed by atoms with Crippen LogP contribution in [-0.2, 0) is 23.0 Å². The zero-order chi connectivity index (χ0) is 17.2. The largest absolute Gasteiger partial charge is 0.381 e. The molecule has 1 aliphatic heterocycles. The van der Waals surface area contributed by atoms with Crippen LogP contribution in [0.3, 0.4) is 0 Å². The number of hydrogen-bond donors (Lipinski definition) is 0. The van der Waals surface area contributed by atoms with E-state index in [-0.39, 0.29) is 11.7 Å². The van der Waals surface area contributed by atoms with Gasteiger partial charge in [-0.05, 0) is 31.0 Å². The number of ether oxygens (including phenoxy) is 1. The van der Waals surface area contributed by atoms with Crippen LogP contribution in [0.1, 0.15) is 18.5 Å². The highest BCUT2D eigenvalue weighted by molar-refractivity contribution is 5.85. The van der Waals surface area contributed by atoms with Gasteiger partial charge in [-0.15, -0.1) is 0 Å². The van der Waals surface area contributed by atoms with Gasteiger partial charge in [0.15, 0.2) is 0 Å². The average molecular weight is 336 g/mol. The molecule has 0 saturated carbocycles. The first-order valence-electron chi connectivity index (χ1n) is 8.54. The highest BCUT2D eigenvalue weighted by Gasteiger charge is 2.22. The zero-order valence-electron chi connectivity index (χ0n) is 14.2. The topological polar surface area (TPSA) is 69.9 Å². The fourth-order valence-corrected chi connectivity index (χ4v) is 3.21. The second kappa shape index (κ2) is 6.72. The average Bonchev–Trinajstić information content (AvgIpc) is 3.08. The summed E-state index contributed by atoms with van der Waals surface area (Å²) in [5.41, 5.74) is 3.47. The van der Waals surface area contributed by atoms with Gasteiger partial charge < -0.3 is 4.74 Å². The summed E-state index contributed by atoms with van der Waals surface area (Å²) < 4.78 is 7.09. The molecule has 1 fully saturated rings. The molecule has 1 saturated heterocycles. The molecule has 3 aromatic heterocycles. The predicted octanol–water partition coefficient (Wildman–Crippen LogP) is 2.57. The van der Waals surface area contributed by atoms with E-state index in [1.807, 2.05) is 31.4 Å². The second-order valence-corrected chi connectivity index (χ2v) is 6.50. The Labute approximate surface area is 145 Å². The van der Waals surface area contributed by atoms with E-state index in [0.29, 0.717) is 19.6 Å². The van der Waals surface area contributed by atoms with Crippen LogP contribution in [0.4, 0.5) is 0 Å². The van der Waals surface area contributed by atoms with Crippen LogP contribution in [0.25, 0.3) is 22.2 Å². The fourth-order valence-electron chi connectivity index (χ4n) is 3.21. The van der Waals surface area contributed by atoms with Crippen molar-refractivity contribution in [3.63, 3.8) is 0 Å². The van der Waals surface area contributed by atoms with Crippen LogP contribution >= 0.6 is 0 Å². The lowest BCUT2D eigenvalue weighted by atomic mass is 9.92. The molecule has 0 amide bonds. The van der Waals surface area contributed by atoms with E-state index in [9.17, 15) is 4.79 Å². The lowest BCUT2D eigenvalue weighted by Gasteiger charge is -2.20. The summed E-state index contributed by atoms with van der Waals surface area (Å²) in [7, 11) is 1.88. The van der Waals surface area contributed by atoms with Crippen molar-refractivity contribution in [2.24, 2.45) is 13.0 Å². The third-order valence-electron chi connectivity index (χ3n) is 4.66. The van der Waals surface area contributed by atoms with Crippen LogP contribution < -0.4 is 0 Å². The predicted molar refractivity (Wildman–Crippen MR) is 94.0 cm³/mol. The summed E-state index contributed by atoms with van der Waals surface area (Å²) in [5, 5.41) is 5.16. The molecule has 0 atom stereocenters. The van der Waals surface area contributed by atoms with Crippen LogP contribution in [0.15, 0.2) is 36.8 Å². The molecule has 6 nitrogen and oxygen atoms in total. The van der Waals surface area contributed by atoms with E-state index >= 15 is 0 Å². The number of hydrogen-bond acceptors (Lipinski definition) is 5. The van der Waals surface area contributed by atoms with Gasteiger partial charge in [0.1, 0.15) is 5.78 Å². The number of carbonyl (C=O) groups is 1. The zero-order valence-corrected chi connectivity index (χ0v) is 14.2. The van der Waals surface area contributed by atoms with Crippen molar-refractivity contribution >= 4 is 16.7 Å². The van der Waals surface area contributed by atoms with Gasteiger partial charge in [0.05, 0.1) is 17.4 Å². The van der Waals surface area contributed by atoms with E-state index in [0.717, 1.165) is 40.7 Å². The lowest BCUT2D eigenvalue weighted by Crippen LogP contribution is -2.25. The normalized spacial score (nSPS) is 15.6. The maximum atomic E-state index is 12.5. The van der Waals surface area contributed by atoms with Crippen molar-refractivity contribution in [2.75, 3.05) is 13.2 Å². The molecule has 4 rings (SSSR count). The molecular weight excluding hydrogens is 316 g/mol. The second-order valence-electron chi connectivity index (χ2n) is 6.50. The summed E-state index contributed by atoms with van der Waals surface area (Å²) in [6, 6.07) is 5.89. The number of pyridine rings is 2. The van der Waals surface area contributed by atoms with E-state index < -0.39 is 0 Å². The third kappa shape index (κ3) is 3.44. The Balaban J connectivity index is 1.59. The molecule has 0 N–H and O–H groups in total. The summed E-state index contributed by atoms with van der Waals surface area (Å²) in [4.78, 5) is 21.6. The van der Waals surface area contributed by atoms with E-state index in [2.05, 4.69) is 10.1 Å². The Morgan fingerprint density at radius 1 is 1.28 bits per heavy atom. The van der Waals surface area contributed by atoms with E-state index in [4.69, 9.17) is 9.72 Å². The summed E-state index contributed by atoms with van der Waals surface area (Å²) >= 11 is 0. The molecule has 0 unspecified atom stereocenters. The van der Waals surface area contributed by atoms with Crippen LogP contribution in [0.5, 0.6) is 0 Å². The maximum Gasteiger partial charge on any atom is 0.142 e. The van der Waals surface area contributed by atoms with Gasteiger partial charge in [0.2, 0.25) is 0 Å². The Bertz CT molecular complexity index is 913. The Kier molecular flexibility index (Phi) is 4.28. The molecule has 0 aromatic carbocycles. The minimum atomic E-state index is 0.0981. The standard InChI is InChI=1S/C19H20N4O2/c1-23-12-15(11-21-23)17-3-2-14-10-20-16(8-18(14)22-17)9-19(24)13-4-6-25-7-5-13/h2-3,8,10-13H,4-7,9H2,1H3. The third-order valence-corrected chi connectivity index (χ3v) is 4.66. The van der Waals surface area contributed by atoms with Crippen LogP contribution in [0.2, 0.25) is 0 Å². The van der Waals surface area contributed by atoms with Crippen molar-refractivity contribution in [2.45, 2.75) is 19.3 Å². The highest BCUT2D eigenvalue weighted by Crippen LogP contribution is 2.22. The first kappa shape index (κ1) is 15.9. The number of aryl methyl sites for hydroxylation is 1. The van der Waals surface area contributed by atoms with Gasteiger partial charge in [0, 0.05) is 61.6 Å². The van der Waals surface area contributed by atoms with E-state index in [1.54, 1.807) is 17.1 Å². The molecule has 6 heteroatoms. The van der Waals surface area contributed by atoms with Crippen molar-refractivity contribution in [3.05, 3.63) is 42.5 Å². The number of Topliss-reactive ketones (excluding diaryl/α,β-unsaturated/α-hetero) is 1. The minimum absolute atomic E-state index is 0.0981.